The van der Waals surface area contributed by atoms with Crippen molar-refractivity contribution in [2.75, 3.05) is 18.2 Å². The van der Waals surface area contributed by atoms with Gasteiger partial charge in [0.05, 0.1) is 18.4 Å². The molecule has 0 aliphatic rings. The van der Waals surface area contributed by atoms with Crippen LogP contribution >= 0.6 is 11.8 Å². The molecule has 2 N–H and O–H groups in total. The molecule has 0 saturated carbocycles. The Kier molecular flexibility index (Phi) is 7.03. The molecule has 7 nitrogen and oxygen atoms in total. The predicted octanol–water partition coefficient (Wildman–Crippen LogP) is 3.19. The first-order valence-electron chi connectivity index (χ1n) is 9.21. The van der Waals surface area contributed by atoms with Gasteiger partial charge in [-0.25, -0.2) is 9.78 Å². The summed E-state index contributed by atoms with van der Waals surface area (Å²) in [5.41, 5.74) is 3.05. The van der Waals surface area contributed by atoms with Gasteiger partial charge in [0.2, 0.25) is 5.91 Å². The molecule has 8 heteroatoms. The molecule has 1 aromatic heterocycles. The SMILES string of the molecule is COC(=O)c1ccc(NC(=O)CSc2nc(C)c(Cc3ccccc3)c(=O)[nH]2)cc1. The van der Waals surface area contributed by atoms with Crippen LogP contribution < -0.4 is 10.9 Å². The lowest BCUT2D eigenvalue weighted by atomic mass is 10.1. The van der Waals surface area contributed by atoms with Crippen LogP contribution in [0.25, 0.3) is 0 Å². The van der Waals surface area contributed by atoms with E-state index in [0.717, 1.165) is 17.3 Å². The summed E-state index contributed by atoms with van der Waals surface area (Å²) in [4.78, 5) is 43.3. The highest BCUT2D eigenvalue weighted by atomic mass is 32.2. The maximum atomic E-state index is 12.5. The Balaban J connectivity index is 1.59. The number of H-pyrrole nitrogens is 1. The van der Waals surface area contributed by atoms with E-state index in [2.05, 4.69) is 20.0 Å². The molecule has 0 spiro atoms. The molecule has 2 aromatic carbocycles. The predicted molar refractivity (Wildman–Crippen MR) is 116 cm³/mol. The van der Waals surface area contributed by atoms with Gasteiger partial charge in [-0.3, -0.25) is 9.59 Å². The Labute approximate surface area is 177 Å². The first-order valence-corrected chi connectivity index (χ1v) is 10.2. The standard InChI is InChI=1S/C22H21N3O4S/c1-14-18(12-15-6-4-3-5-7-15)20(27)25-22(23-14)30-13-19(26)24-17-10-8-16(9-11-17)21(28)29-2/h3-11H,12-13H2,1-2H3,(H,24,26)(H,23,25,27). The third kappa shape index (κ3) is 5.57. The number of nitrogens with one attached hydrogen (secondary N) is 2. The fraction of sp³-hybridized carbons (Fsp3) is 0.182. The molecule has 3 aromatic rings. The number of carbonyl (C=O) groups excluding carboxylic acids is 2. The summed E-state index contributed by atoms with van der Waals surface area (Å²) >= 11 is 1.15. The van der Waals surface area contributed by atoms with Crippen LogP contribution in [-0.2, 0) is 16.0 Å². The molecule has 0 bridgehead atoms. The van der Waals surface area contributed by atoms with Gasteiger partial charge in [-0.05, 0) is 36.8 Å². The smallest absolute Gasteiger partial charge is 0.337 e. The van der Waals surface area contributed by atoms with Gasteiger partial charge < -0.3 is 15.0 Å². The van der Waals surface area contributed by atoms with Crippen molar-refractivity contribution in [3.8, 4) is 0 Å². The second kappa shape index (κ2) is 9.89. The van der Waals surface area contributed by atoms with Crippen molar-refractivity contribution < 1.29 is 14.3 Å². The van der Waals surface area contributed by atoms with E-state index in [1.807, 2.05) is 30.3 Å². The van der Waals surface area contributed by atoms with Gasteiger partial charge in [-0.1, -0.05) is 42.1 Å². The maximum Gasteiger partial charge on any atom is 0.337 e. The summed E-state index contributed by atoms with van der Waals surface area (Å²) < 4.78 is 4.64. The van der Waals surface area contributed by atoms with E-state index in [-0.39, 0.29) is 17.2 Å². The lowest BCUT2D eigenvalue weighted by molar-refractivity contribution is -0.113. The summed E-state index contributed by atoms with van der Waals surface area (Å²) in [5, 5.41) is 3.13. The average Bonchev–Trinajstić information content (AvgIpc) is 2.75. The second-order valence-electron chi connectivity index (χ2n) is 6.50. The number of hydrogen-bond acceptors (Lipinski definition) is 6. The quantitative estimate of drug-likeness (QED) is 0.344. The average molecular weight is 423 g/mol. The third-order valence-electron chi connectivity index (χ3n) is 4.35. The molecule has 154 valence electrons. The van der Waals surface area contributed by atoms with E-state index in [1.54, 1.807) is 31.2 Å². The molecule has 0 aliphatic heterocycles. The zero-order valence-corrected chi connectivity index (χ0v) is 17.4. The highest BCUT2D eigenvalue weighted by molar-refractivity contribution is 7.99. The van der Waals surface area contributed by atoms with Gasteiger partial charge >= 0.3 is 5.97 Å². The number of esters is 1. The van der Waals surface area contributed by atoms with E-state index in [1.165, 1.54) is 7.11 Å². The molecule has 0 atom stereocenters. The number of anilines is 1. The van der Waals surface area contributed by atoms with Crippen molar-refractivity contribution >= 4 is 29.3 Å². The Morgan fingerprint density at radius 1 is 1.10 bits per heavy atom. The topological polar surface area (TPSA) is 101 Å². The number of aryl methyl sites for hydroxylation is 1. The number of rotatable bonds is 7. The maximum absolute atomic E-state index is 12.5. The van der Waals surface area contributed by atoms with E-state index < -0.39 is 5.97 Å². The van der Waals surface area contributed by atoms with Gasteiger partial charge in [0.25, 0.3) is 5.56 Å². The van der Waals surface area contributed by atoms with Crippen LogP contribution in [0.2, 0.25) is 0 Å². The Morgan fingerprint density at radius 3 is 2.43 bits per heavy atom. The Hall–Kier alpha value is -3.39. The Bertz CT molecular complexity index is 1100. The minimum absolute atomic E-state index is 0.0825. The summed E-state index contributed by atoms with van der Waals surface area (Å²) in [5.74, 6) is -0.608. The van der Waals surface area contributed by atoms with Crippen molar-refractivity contribution in [2.24, 2.45) is 0 Å². The number of nitrogens with zero attached hydrogens (tertiary/aromatic N) is 1. The minimum atomic E-state index is -0.440. The highest BCUT2D eigenvalue weighted by Crippen LogP contribution is 2.16. The molecule has 0 saturated heterocycles. The van der Waals surface area contributed by atoms with Crippen molar-refractivity contribution in [2.45, 2.75) is 18.5 Å². The normalized spacial score (nSPS) is 10.5. The molecule has 1 heterocycles. The summed E-state index contributed by atoms with van der Waals surface area (Å²) in [6.45, 7) is 1.79. The first kappa shape index (κ1) is 21.3. The van der Waals surface area contributed by atoms with Gasteiger partial charge in [-0.2, -0.15) is 0 Å². The number of ether oxygens (including phenoxy) is 1. The number of carbonyl (C=O) groups is 2. The van der Waals surface area contributed by atoms with Crippen molar-refractivity contribution in [1.82, 2.24) is 9.97 Å². The number of hydrogen-bond donors (Lipinski definition) is 2. The van der Waals surface area contributed by atoms with Gasteiger partial charge in [0.15, 0.2) is 5.16 Å². The van der Waals surface area contributed by atoms with Gasteiger partial charge in [0, 0.05) is 23.4 Å². The number of amides is 1. The first-order chi connectivity index (χ1) is 14.5. The van der Waals surface area contributed by atoms with Crippen molar-refractivity contribution in [3.05, 3.63) is 87.3 Å². The zero-order valence-electron chi connectivity index (χ0n) is 16.6. The van der Waals surface area contributed by atoms with Crippen LogP contribution in [0.15, 0.2) is 64.5 Å². The number of benzene rings is 2. The lowest BCUT2D eigenvalue weighted by Gasteiger charge is -2.08. The fourth-order valence-electron chi connectivity index (χ4n) is 2.80. The molecule has 0 fully saturated rings. The van der Waals surface area contributed by atoms with E-state index in [0.29, 0.717) is 34.1 Å². The summed E-state index contributed by atoms with van der Waals surface area (Å²) in [7, 11) is 1.31. The third-order valence-corrected chi connectivity index (χ3v) is 5.23. The van der Waals surface area contributed by atoms with Crippen LogP contribution in [0.1, 0.15) is 27.2 Å². The summed E-state index contributed by atoms with van der Waals surface area (Å²) in [6, 6.07) is 16.1. The van der Waals surface area contributed by atoms with E-state index >= 15 is 0 Å². The van der Waals surface area contributed by atoms with Crippen molar-refractivity contribution in [3.63, 3.8) is 0 Å². The van der Waals surface area contributed by atoms with Crippen LogP contribution in [0.3, 0.4) is 0 Å². The molecule has 0 unspecified atom stereocenters. The van der Waals surface area contributed by atoms with E-state index in [9.17, 15) is 14.4 Å². The monoisotopic (exact) mass is 423 g/mol. The highest BCUT2D eigenvalue weighted by Gasteiger charge is 2.12. The molecular weight excluding hydrogens is 402 g/mol. The van der Waals surface area contributed by atoms with Crippen LogP contribution in [0.4, 0.5) is 5.69 Å². The minimum Gasteiger partial charge on any atom is -0.465 e. The molecule has 30 heavy (non-hydrogen) atoms. The number of thioether (sulfide) groups is 1. The van der Waals surface area contributed by atoms with Gasteiger partial charge in [0.1, 0.15) is 0 Å². The van der Waals surface area contributed by atoms with Crippen LogP contribution in [0, 0.1) is 6.92 Å². The zero-order chi connectivity index (χ0) is 21.5. The molecule has 1 amide bonds. The fourth-order valence-corrected chi connectivity index (χ4v) is 3.51. The summed E-state index contributed by atoms with van der Waals surface area (Å²) in [6.07, 6.45) is 0.502. The number of aromatic amines is 1. The van der Waals surface area contributed by atoms with Crippen molar-refractivity contribution in [1.29, 1.82) is 0 Å². The second-order valence-corrected chi connectivity index (χ2v) is 7.47. The largest absolute Gasteiger partial charge is 0.465 e. The number of methoxy groups -OCH3 is 1. The molecular formula is C22H21N3O4S. The van der Waals surface area contributed by atoms with E-state index in [4.69, 9.17) is 0 Å². The molecule has 3 rings (SSSR count). The van der Waals surface area contributed by atoms with Gasteiger partial charge in [-0.15, -0.1) is 0 Å². The Morgan fingerprint density at radius 2 is 1.80 bits per heavy atom. The van der Waals surface area contributed by atoms with Crippen LogP contribution in [0.5, 0.6) is 0 Å². The lowest BCUT2D eigenvalue weighted by Crippen LogP contribution is -2.19. The number of aromatic nitrogens is 2. The molecule has 0 aliphatic carbocycles. The molecule has 0 radical (unpaired) electrons. The van der Waals surface area contributed by atoms with Crippen LogP contribution in [-0.4, -0.2) is 34.7 Å².